The second-order valence-electron chi connectivity index (χ2n) is 8.14. The van der Waals surface area contributed by atoms with Crippen LogP contribution in [0, 0.1) is 0 Å². The third-order valence-corrected chi connectivity index (χ3v) is 6.00. The van der Waals surface area contributed by atoms with Crippen molar-refractivity contribution in [1.82, 2.24) is 4.98 Å². The molecule has 1 aliphatic rings. The number of aromatic carboxylic acids is 1. The first kappa shape index (κ1) is 21.7. The number of fused-ring (bicyclic) bond motifs is 1. The van der Waals surface area contributed by atoms with Gasteiger partial charge in [0.15, 0.2) is 0 Å². The van der Waals surface area contributed by atoms with E-state index in [0.717, 1.165) is 42.0 Å². The Morgan fingerprint density at radius 3 is 2.72 bits per heavy atom. The Kier molecular flexibility index (Phi) is 6.59. The predicted molar refractivity (Wildman–Crippen MR) is 127 cm³/mol. The summed E-state index contributed by atoms with van der Waals surface area (Å²) in [5.74, 6) is 0.158. The fourth-order valence-corrected chi connectivity index (χ4v) is 4.15. The first-order valence-electron chi connectivity index (χ1n) is 11.1. The highest BCUT2D eigenvalue weighted by Crippen LogP contribution is 2.38. The summed E-state index contributed by atoms with van der Waals surface area (Å²) in [5.41, 5.74) is 5.47. The van der Waals surface area contributed by atoms with Gasteiger partial charge < -0.3 is 20.1 Å². The number of hydrogen-bond acceptors (Lipinski definition) is 5. The largest absolute Gasteiger partial charge is 0.493 e. The van der Waals surface area contributed by atoms with Crippen molar-refractivity contribution in [3.8, 4) is 5.75 Å². The van der Waals surface area contributed by atoms with Crippen molar-refractivity contribution in [2.75, 3.05) is 30.4 Å². The van der Waals surface area contributed by atoms with E-state index in [4.69, 9.17) is 4.74 Å². The Labute approximate surface area is 188 Å². The zero-order valence-corrected chi connectivity index (χ0v) is 18.5. The summed E-state index contributed by atoms with van der Waals surface area (Å²) in [4.78, 5) is 17.7. The molecule has 1 atom stereocenters. The molecule has 2 heterocycles. The lowest BCUT2D eigenvalue weighted by Gasteiger charge is -2.28. The Bertz CT molecular complexity index is 1080. The van der Waals surface area contributed by atoms with Crippen LogP contribution in [-0.2, 0) is 6.42 Å². The Hall–Kier alpha value is -3.54. The monoisotopic (exact) mass is 431 g/mol. The topological polar surface area (TPSA) is 74.7 Å². The van der Waals surface area contributed by atoms with Gasteiger partial charge in [-0.1, -0.05) is 31.5 Å². The van der Waals surface area contributed by atoms with Crippen LogP contribution in [0.1, 0.15) is 47.2 Å². The van der Waals surface area contributed by atoms with Gasteiger partial charge in [-0.05, 0) is 48.2 Å². The molecule has 0 aliphatic carbocycles. The number of carboxylic acids is 1. The van der Waals surface area contributed by atoms with Gasteiger partial charge in [0, 0.05) is 43.1 Å². The number of pyridine rings is 1. The van der Waals surface area contributed by atoms with E-state index < -0.39 is 5.97 Å². The molecule has 0 bridgehead atoms. The lowest BCUT2D eigenvalue weighted by Crippen LogP contribution is -2.22. The van der Waals surface area contributed by atoms with Crippen LogP contribution < -0.4 is 15.0 Å². The molecular formula is C26H29N3O3. The summed E-state index contributed by atoms with van der Waals surface area (Å²) >= 11 is 0. The molecule has 1 aliphatic heterocycles. The van der Waals surface area contributed by atoms with Gasteiger partial charge in [-0.2, -0.15) is 0 Å². The van der Waals surface area contributed by atoms with Crippen molar-refractivity contribution in [2.24, 2.45) is 0 Å². The van der Waals surface area contributed by atoms with Crippen LogP contribution in [0.4, 0.5) is 17.1 Å². The van der Waals surface area contributed by atoms with E-state index in [1.165, 1.54) is 17.8 Å². The maximum Gasteiger partial charge on any atom is 0.337 e. The van der Waals surface area contributed by atoms with Gasteiger partial charge in [0.1, 0.15) is 5.75 Å². The molecule has 0 saturated heterocycles. The third kappa shape index (κ3) is 4.69. The van der Waals surface area contributed by atoms with Crippen molar-refractivity contribution < 1.29 is 14.6 Å². The number of aromatic nitrogens is 1. The summed E-state index contributed by atoms with van der Waals surface area (Å²) in [7, 11) is 2.06. The Balaban J connectivity index is 1.49. The summed E-state index contributed by atoms with van der Waals surface area (Å²) in [6.07, 6.45) is 6.17. The highest BCUT2D eigenvalue weighted by atomic mass is 16.5. The molecule has 0 unspecified atom stereocenters. The number of ether oxygens (including phenoxy) is 1. The van der Waals surface area contributed by atoms with Gasteiger partial charge in [0.25, 0.3) is 0 Å². The van der Waals surface area contributed by atoms with E-state index in [0.29, 0.717) is 18.8 Å². The number of nitrogens with one attached hydrogen (secondary N) is 1. The van der Waals surface area contributed by atoms with Crippen molar-refractivity contribution in [3.63, 3.8) is 0 Å². The summed E-state index contributed by atoms with van der Waals surface area (Å²) in [6.45, 7) is 3.45. The highest BCUT2D eigenvalue weighted by molar-refractivity contribution is 5.93. The van der Waals surface area contributed by atoms with E-state index in [9.17, 15) is 9.90 Å². The summed E-state index contributed by atoms with van der Waals surface area (Å²) in [5, 5.41) is 12.7. The van der Waals surface area contributed by atoms with Crippen molar-refractivity contribution in [1.29, 1.82) is 0 Å². The third-order valence-electron chi connectivity index (χ3n) is 6.00. The van der Waals surface area contributed by atoms with Crippen LogP contribution >= 0.6 is 0 Å². The predicted octanol–water partition coefficient (Wildman–Crippen LogP) is 5.48. The molecular weight excluding hydrogens is 402 g/mol. The number of aryl methyl sites for hydroxylation is 1. The van der Waals surface area contributed by atoms with Crippen LogP contribution in [0.15, 0.2) is 60.9 Å². The van der Waals surface area contributed by atoms with Gasteiger partial charge in [0.05, 0.1) is 24.1 Å². The second-order valence-corrected chi connectivity index (χ2v) is 8.14. The number of hydrogen-bond donors (Lipinski definition) is 2. The lowest BCUT2D eigenvalue weighted by atomic mass is 9.92. The maximum atomic E-state index is 11.4. The van der Waals surface area contributed by atoms with E-state index in [1.54, 1.807) is 6.20 Å². The van der Waals surface area contributed by atoms with E-state index >= 15 is 0 Å². The van der Waals surface area contributed by atoms with Gasteiger partial charge in [-0.3, -0.25) is 4.98 Å². The highest BCUT2D eigenvalue weighted by Gasteiger charge is 2.23. The van der Waals surface area contributed by atoms with Crippen LogP contribution in [0.3, 0.4) is 0 Å². The molecule has 3 aromatic rings. The van der Waals surface area contributed by atoms with Crippen molar-refractivity contribution in [2.45, 2.75) is 32.1 Å². The first-order valence-corrected chi connectivity index (χ1v) is 11.1. The average molecular weight is 432 g/mol. The standard InChI is InChI=1S/C26H29N3O3/c1-3-4-18-5-7-20(8-6-18)29(2)21-9-10-22-19(12-14-32-25(22)15-21)16-28-24-17-27-13-11-23(24)26(30)31/h5-11,13,15,17,19,28H,3-4,12,14,16H2,1-2H3,(H,30,31)/t19-/m0/s1. The number of rotatable bonds is 8. The number of carboxylic acid groups (broad SMARTS) is 1. The first-order chi connectivity index (χ1) is 15.6. The lowest BCUT2D eigenvalue weighted by molar-refractivity contribution is 0.0697. The molecule has 166 valence electrons. The van der Waals surface area contributed by atoms with E-state index in [-0.39, 0.29) is 11.5 Å². The minimum absolute atomic E-state index is 0.230. The smallest absolute Gasteiger partial charge is 0.337 e. The van der Waals surface area contributed by atoms with Gasteiger partial charge in [-0.25, -0.2) is 4.79 Å². The molecule has 0 spiro atoms. The van der Waals surface area contributed by atoms with Crippen LogP contribution in [0.5, 0.6) is 5.75 Å². The molecule has 0 radical (unpaired) electrons. The van der Waals surface area contributed by atoms with Crippen LogP contribution in [-0.4, -0.2) is 36.3 Å². The Morgan fingerprint density at radius 1 is 1.19 bits per heavy atom. The molecule has 2 aromatic carbocycles. The van der Waals surface area contributed by atoms with Crippen LogP contribution in [0.25, 0.3) is 0 Å². The molecule has 2 N–H and O–H groups in total. The number of carbonyl (C=O) groups is 1. The molecule has 6 nitrogen and oxygen atoms in total. The maximum absolute atomic E-state index is 11.4. The molecule has 32 heavy (non-hydrogen) atoms. The molecule has 0 fully saturated rings. The zero-order valence-electron chi connectivity index (χ0n) is 18.5. The fraction of sp³-hybridized carbons (Fsp3) is 0.308. The number of benzene rings is 2. The number of nitrogens with zero attached hydrogens (tertiary/aromatic N) is 2. The second kappa shape index (κ2) is 9.73. The summed E-state index contributed by atoms with van der Waals surface area (Å²) in [6, 6.07) is 16.5. The molecule has 1 aromatic heterocycles. The Morgan fingerprint density at radius 2 is 1.97 bits per heavy atom. The SMILES string of the molecule is CCCc1ccc(N(C)c2ccc3c(c2)OCC[C@H]3CNc2cnccc2C(=O)O)cc1. The summed E-state index contributed by atoms with van der Waals surface area (Å²) < 4.78 is 5.98. The van der Waals surface area contributed by atoms with E-state index in [2.05, 4.69) is 71.6 Å². The normalized spacial score (nSPS) is 14.9. The van der Waals surface area contributed by atoms with Gasteiger partial charge >= 0.3 is 5.97 Å². The van der Waals surface area contributed by atoms with Crippen molar-refractivity contribution in [3.05, 3.63) is 77.6 Å². The minimum Gasteiger partial charge on any atom is -0.493 e. The molecule has 6 heteroatoms. The van der Waals surface area contributed by atoms with E-state index in [1.807, 2.05) is 0 Å². The van der Waals surface area contributed by atoms with Gasteiger partial charge in [0.2, 0.25) is 0 Å². The van der Waals surface area contributed by atoms with Crippen LogP contribution in [0.2, 0.25) is 0 Å². The molecule has 0 amide bonds. The van der Waals surface area contributed by atoms with Crippen molar-refractivity contribution >= 4 is 23.0 Å². The quantitative estimate of drug-likeness (QED) is 0.492. The minimum atomic E-state index is -0.960. The fourth-order valence-electron chi connectivity index (χ4n) is 4.15. The molecule has 0 saturated carbocycles. The number of anilines is 3. The average Bonchev–Trinajstić information content (AvgIpc) is 2.82. The zero-order chi connectivity index (χ0) is 22.5. The molecule has 4 rings (SSSR count). The van der Waals surface area contributed by atoms with Gasteiger partial charge in [-0.15, -0.1) is 0 Å².